The van der Waals surface area contributed by atoms with Crippen molar-refractivity contribution in [3.05, 3.63) is 71.3 Å². The number of fused-ring (bicyclic) bond motifs is 3. The first-order valence-electron chi connectivity index (χ1n) is 28.5. The van der Waals surface area contributed by atoms with Crippen LogP contribution < -0.4 is 28.8 Å². The van der Waals surface area contributed by atoms with Crippen LogP contribution in [0.4, 0.5) is 0 Å². The van der Waals surface area contributed by atoms with E-state index in [1.54, 1.807) is 18.2 Å². The number of ether oxygens (including phenoxy) is 6. The predicted molar refractivity (Wildman–Crippen MR) is 324 cm³/mol. The van der Waals surface area contributed by atoms with E-state index in [0.717, 1.165) is 111 Å². The fourth-order valence-corrected chi connectivity index (χ4v) is 22.3. The summed E-state index contributed by atoms with van der Waals surface area (Å²) in [5.41, 5.74) is 2.65. The summed E-state index contributed by atoms with van der Waals surface area (Å²) in [6.07, 6.45) is 3.53. The largest absolute Gasteiger partial charge is 0.742 e. The monoisotopic (exact) mass is 1340 g/mol. The summed E-state index contributed by atoms with van der Waals surface area (Å²) in [7, 11) is -14.0. The number of carbonyl (C=O) groups excluding carboxylic acids is 3. The van der Waals surface area contributed by atoms with E-state index in [9.17, 15) is 14.4 Å². The van der Waals surface area contributed by atoms with Crippen molar-refractivity contribution in [3.63, 3.8) is 0 Å². The van der Waals surface area contributed by atoms with Gasteiger partial charge in [-0.1, -0.05) is 18.2 Å². The second kappa shape index (κ2) is 31.6. The Morgan fingerprint density at radius 2 is 0.786 bits per heavy atom. The maximum absolute atomic E-state index is 11.7. The zero-order valence-electron chi connectivity index (χ0n) is 49.5. The van der Waals surface area contributed by atoms with Gasteiger partial charge in [-0.05, 0) is 101 Å². The molecule has 0 aromatic heterocycles. The first-order valence-corrected chi connectivity index (χ1v) is 44.6. The standard InChI is InChI=1S/C20H28O10Si2.C20H34O7Si2.C14H19Cl3O4Si2/c1-14(21)27-32(28-15(2)22,29-16(3)23)19-6-7-20-17(10-19)11-26-31(4,30-20)9-5-8-24-12-18-13-25-18;1-5-23-29(24-6-2,25-7-3)19-9-10-20-17(13-19)14-26-28(4,27-20)12-8-11-21-15-18-16-22-18;1-22(6-2-5-18-9-12-10-19-12)20-8-11-7-13(23(15,16)17)3-4-14(11)21-22/h6-7,10,18H,5,8-9,11-13H2,1-4H3;9-10,13,18H,5-8,11-12,14-16H2,1-4H3;3-4,7,12H,2,5-6,8-10H2,1H3. The molecule has 6 heterocycles. The average Bonchev–Trinajstić information content (AvgIpc) is 2.33. The third-order valence-corrected chi connectivity index (χ3v) is 30.2. The molecule has 0 saturated carbocycles. The summed E-state index contributed by atoms with van der Waals surface area (Å²) in [5, 5.41) is 1.99. The van der Waals surface area contributed by atoms with E-state index in [4.69, 9.17) is 115 Å². The number of epoxide rings is 3. The first-order chi connectivity index (χ1) is 40.0. The van der Waals surface area contributed by atoms with Crippen molar-refractivity contribution < 1.29 is 95.9 Å². The van der Waals surface area contributed by atoms with E-state index in [0.29, 0.717) is 96.2 Å². The lowest BCUT2D eigenvalue weighted by molar-refractivity contribution is -0.146. The molecule has 0 amide bonds. The number of carbonyl (C=O) groups is 3. The molecule has 0 aliphatic carbocycles. The van der Waals surface area contributed by atoms with Crippen LogP contribution in [0.2, 0.25) is 37.8 Å². The van der Waals surface area contributed by atoms with Crippen LogP contribution in [-0.2, 0) is 102 Å². The van der Waals surface area contributed by atoms with Gasteiger partial charge in [-0.25, -0.2) is 0 Å². The number of hydrogen-bond donors (Lipinski definition) is 0. The third-order valence-electron chi connectivity index (χ3n) is 13.5. The van der Waals surface area contributed by atoms with Crippen molar-refractivity contribution in [1.29, 1.82) is 0 Å². The van der Waals surface area contributed by atoms with Gasteiger partial charge in [0.25, 0.3) is 17.9 Å². The van der Waals surface area contributed by atoms with Gasteiger partial charge in [-0.2, -0.15) is 0 Å². The third kappa shape index (κ3) is 21.4. The minimum absolute atomic E-state index is 0.243. The van der Waals surface area contributed by atoms with E-state index < -0.39 is 67.2 Å². The Bertz CT molecular complexity index is 2590. The number of benzene rings is 3. The molecule has 6 unspecified atom stereocenters. The maximum atomic E-state index is 11.7. The lowest BCUT2D eigenvalue weighted by Crippen LogP contribution is -2.59. The molecule has 3 aromatic carbocycles. The smallest absolute Gasteiger partial charge is 0.520 e. The predicted octanol–water partition coefficient (Wildman–Crippen LogP) is 7.37. The average molecular weight is 1340 g/mol. The molecule has 30 heteroatoms. The van der Waals surface area contributed by atoms with Crippen molar-refractivity contribution in [2.45, 2.75) is 137 Å². The van der Waals surface area contributed by atoms with Crippen LogP contribution in [0.1, 0.15) is 77.5 Å². The molecule has 3 aromatic rings. The van der Waals surface area contributed by atoms with Crippen LogP contribution in [0.3, 0.4) is 0 Å². The Morgan fingerprint density at radius 3 is 1.07 bits per heavy atom. The zero-order valence-corrected chi connectivity index (χ0v) is 57.8. The van der Waals surface area contributed by atoms with Gasteiger partial charge < -0.3 is 81.5 Å². The molecule has 3 fully saturated rings. The molecule has 3 saturated heterocycles. The van der Waals surface area contributed by atoms with E-state index in [1.807, 2.05) is 57.7 Å². The van der Waals surface area contributed by atoms with E-state index in [-0.39, 0.29) is 17.9 Å². The van der Waals surface area contributed by atoms with Gasteiger partial charge in [0, 0.05) is 100 Å². The Morgan fingerprint density at radius 1 is 0.488 bits per heavy atom. The van der Waals surface area contributed by atoms with E-state index in [1.165, 1.54) is 0 Å². The molecule has 0 spiro atoms. The fourth-order valence-electron chi connectivity index (χ4n) is 9.15. The molecule has 0 N–H and O–H groups in total. The Labute approximate surface area is 513 Å². The second-order valence-corrected chi connectivity index (χ2v) is 44.2. The molecule has 6 aliphatic heterocycles. The molecular formula is C54H81Cl3O21Si6. The van der Waals surface area contributed by atoms with Crippen molar-refractivity contribution in [2.24, 2.45) is 0 Å². The van der Waals surface area contributed by atoms with Crippen molar-refractivity contribution in [2.75, 3.05) is 79.3 Å². The van der Waals surface area contributed by atoms with Crippen molar-refractivity contribution in [3.8, 4) is 17.2 Å². The molecule has 0 bridgehead atoms. The number of rotatable bonds is 30. The number of hydrogen-bond acceptors (Lipinski definition) is 21. The van der Waals surface area contributed by atoms with Crippen LogP contribution in [0, 0.1) is 0 Å². The second-order valence-electron chi connectivity index (χ2n) is 21.1. The molecule has 6 atom stereocenters. The highest BCUT2D eigenvalue weighted by Crippen LogP contribution is 2.35. The summed E-state index contributed by atoms with van der Waals surface area (Å²) in [6.45, 7) is 24.9. The molecule has 468 valence electrons. The number of halogens is 3. The lowest BCUT2D eigenvalue weighted by atomic mass is 10.2. The zero-order chi connectivity index (χ0) is 60.6. The minimum Gasteiger partial charge on any atom is -0.520 e. The molecule has 9 rings (SSSR count). The van der Waals surface area contributed by atoms with Gasteiger partial charge in [0.2, 0.25) is 0 Å². The van der Waals surface area contributed by atoms with Crippen LogP contribution in [0.15, 0.2) is 54.6 Å². The Kier molecular flexibility index (Phi) is 25.8. The van der Waals surface area contributed by atoms with E-state index >= 15 is 0 Å². The molecule has 6 aliphatic rings. The van der Waals surface area contributed by atoms with Gasteiger partial charge in [-0.15, -0.1) is 33.2 Å². The molecule has 21 nitrogen and oxygen atoms in total. The topological polar surface area (TPSA) is 227 Å². The van der Waals surface area contributed by atoms with Crippen LogP contribution in [-0.4, -0.2) is 165 Å². The Hall–Kier alpha value is -2.84. The van der Waals surface area contributed by atoms with Gasteiger partial charge in [0.1, 0.15) is 35.6 Å². The minimum atomic E-state index is -4.17. The summed E-state index contributed by atoms with van der Waals surface area (Å²) in [4.78, 5) is 35.2. The van der Waals surface area contributed by atoms with Crippen LogP contribution in [0.25, 0.3) is 0 Å². The lowest BCUT2D eigenvalue weighted by Gasteiger charge is -2.35. The molecule has 84 heavy (non-hydrogen) atoms. The maximum Gasteiger partial charge on any atom is 0.742 e. The summed E-state index contributed by atoms with van der Waals surface area (Å²) in [6, 6.07) is 16.3. The van der Waals surface area contributed by atoms with Crippen molar-refractivity contribution in [1.82, 2.24) is 0 Å². The van der Waals surface area contributed by atoms with E-state index in [2.05, 4.69) is 19.2 Å². The van der Waals surface area contributed by atoms with Gasteiger partial charge >= 0.3 is 49.3 Å². The Balaban J connectivity index is 0.000000183. The van der Waals surface area contributed by atoms with Crippen LogP contribution >= 0.6 is 33.2 Å². The summed E-state index contributed by atoms with van der Waals surface area (Å²) < 4.78 is 103. The quantitative estimate of drug-likeness (QED) is 0.0275. The molecule has 0 radical (unpaired) electrons. The highest BCUT2D eigenvalue weighted by Gasteiger charge is 2.55. The van der Waals surface area contributed by atoms with Gasteiger partial charge in [0.15, 0.2) is 0 Å². The fraction of sp³-hybridized carbons (Fsp3) is 0.611. The highest BCUT2D eigenvalue weighted by atomic mass is 35.8. The molecular weight excluding hydrogens is 1260 g/mol. The van der Waals surface area contributed by atoms with Crippen molar-refractivity contribution >= 4 is 116 Å². The normalized spacial score (nSPS) is 23.6. The highest BCUT2D eigenvalue weighted by molar-refractivity contribution is 7.69. The van der Waals surface area contributed by atoms with Gasteiger partial charge in [-0.3, -0.25) is 14.4 Å². The van der Waals surface area contributed by atoms with Crippen LogP contribution in [0.5, 0.6) is 17.2 Å². The van der Waals surface area contributed by atoms with Gasteiger partial charge in [0.05, 0.1) is 64.6 Å². The summed E-state index contributed by atoms with van der Waals surface area (Å²) in [5.74, 6) is 0.177. The SMILES string of the molecule is CC(=O)O[Si](OC(C)=O)(OC(C)=O)c1ccc2c(c1)CO[Si](C)(CCCOCC1CO1)O2.CCO[Si](OCC)(OCC)c1ccc2c(c1)CO[Si](C)(CCCOCC1CO1)O2.C[Si]1(CCCOCC2CO2)OCc2cc([Si](Cl)(Cl)Cl)ccc2O1. The summed E-state index contributed by atoms with van der Waals surface area (Å²) >= 11 is 18.2. The first kappa shape index (κ1) is 68.6.